The van der Waals surface area contributed by atoms with Crippen molar-refractivity contribution in [1.82, 2.24) is 4.90 Å². The predicted octanol–water partition coefficient (Wildman–Crippen LogP) is 9.15. The number of allylic oxidation sites excluding steroid dienone is 1. The Morgan fingerprint density at radius 2 is 1.61 bits per heavy atom. The lowest BCUT2D eigenvalue weighted by atomic mass is 9.55. The molecule has 2 aliphatic carbocycles. The van der Waals surface area contributed by atoms with E-state index in [2.05, 4.69) is 25.3 Å². The number of amides is 1. The number of fused-ring (bicyclic) bond motifs is 2. The fourth-order valence-corrected chi connectivity index (χ4v) is 9.30. The van der Waals surface area contributed by atoms with Crippen LogP contribution in [0.15, 0.2) is 121 Å². The van der Waals surface area contributed by atoms with E-state index in [0.717, 1.165) is 53.7 Å². The van der Waals surface area contributed by atoms with Gasteiger partial charge in [0.25, 0.3) is 0 Å². The summed E-state index contributed by atoms with van der Waals surface area (Å²) in [5, 5.41) is 24.7. The highest BCUT2D eigenvalue weighted by atomic mass is 16.7. The lowest BCUT2D eigenvalue weighted by Crippen LogP contribution is -2.70. The van der Waals surface area contributed by atoms with E-state index < -0.39 is 23.8 Å². The second-order valence-corrected chi connectivity index (χ2v) is 16.0. The van der Waals surface area contributed by atoms with E-state index in [1.54, 1.807) is 17.1 Å². The molecule has 6 rings (SSSR count). The number of carbonyl (C=O) groups is 1. The van der Waals surface area contributed by atoms with Crippen molar-refractivity contribution in [3.8, 4) is 11.5 Å². The molecule has 0 bridgehead atoms. The van der Waals surface area contributed by atoms with Crippen molar-refractivity contribution in [2.75, 3.05) is 46.2 Å². The van der Waals surface area contributed by atoms with Gasteiger partial charge in [0.05, 0.1) is 31.5 Å². The number of hydrogen-bond donors (Lipinski definition) is 2. The summed E-state index contributed by atoms with van der Waals surface area (Å²) < 4.78 is 32.4. The average Bonchev–Trinajstić information content (AvgIpc) is 3.28. The van der Waals surface area contributed by atoms with Crippen molar-refractivity contribution in [1.29, 1.82) is 0 Å². The summed E-state index contributed by atoms with van der Waals surface area (Å²) in [6, 6.07) is 25.0. The lowest BCUT2D eigenvalue weighted by molar-refractivity contribution is -0.255. The minimum atomic E-state index is -1.39. The summed E-state index contributed by atoms with van der Waals surface area (Å²) in [4.78, 5) is 22.5. The van der Waals surface area contributed by atoms with E-state index in [4.69, 9.17) is 33.7 Å². The first-order chi connectivity index (χ1) is 30.0. The highest BCUT2D eigenvalue weighted by Gasteiger charge is 2.65. The molecule has 1 amide bonds. The maximum atomic E-state index is 14.5. The molecule has 61 heavy (non-hydrogen) atoms. The number of oxime groups is 1. The topological polar surface area (TPSA) is 129 Å². The highest BCUT2D eigenvalue weighted by Crippen LogP contribution is 2.62. The summed E-state index contributed by atoms with van der Waals surface area (Å²) in [5.41, 5.74) is 4.70. The van der Waals surface area contributed by atoms with Gasteiger partial charge in [-0.2, -0.15) is 0 Å². The molecule has 3 aromatic carbocycles. The monoisotopic (exact) mass is 836 g/mol. The SMILES string of the molecule is C=CCOc1ccc2c(c1)[C@H]1[C@H](CCCCO)[C@@H](CCCCO)C=C3C(=NOCc4ccccc4)C[C@H](N(CCC)C(=O)OCCOCc4ccccc4)[C@@](OCC=C)(O2)[C@H]31. The number of benzene rings is 3. The van der Waals surface area contributed by atoms with Gasteiger partial charge < -0.3 is 38.7 Å². The Morgan fingerprint density at radius 1 is 0.902 bits per heavy atom. The van der Waals surface area contributed by atoms with Gasteiger partial charge in [-0.25, -0.2) is 4.79 Å². The van der Waals surface area contributed by atoms with Crippen molar-refractivity contribution in [3.05, 3.63) is 133 Å². The van der Waals surface area contributed by atoms with Crippen LogP contribution < -0.4 is 9.47 Å². The molecule has 1 heterocycles. The second-order valence-electron chi connectivity index (χ2n) is 16.0. The molecule has 6 atom stereocenters. The van der Waals surface area contributed by atoms with Gasteiger partial charge in [-0.05, 0) is 78.8 Å². The summed E-state index contributed by atoms with van der Waals surface area (Å²) in [6.45, 7) is 12.0. The molecule has 1 fully saturated rings. The Hall–Kier alpha value is -4.94. The molecular formula is C50H64N2O9. The zero-order chi connectivity index (χ0) is 42.9. The summed E-state index contributed by atoms with van der Waals surface area (Å²) in [6.07, 6.45) is 10.9. The first kappa shape index (κ1) is 45.6. The van der Waals surface area contributed by atoms with E-state index in [-0.39, 0.29) is 63.8 Å². The maximum Gasteiger partial charge on any atom is 0.410 e. The van der Waals surface area contributed by atoms with Crippen molar-refractivity contribution >= 4 is 11.8 Å². The van der Waals surface area contributed by atoms with Gasteiger partial charge in [-0.15, -0.1) is 6.58 Å². The highest BCUT2D eigenvalue weighted by molar-refractivity contribution is 6.03. The third-order valence-electron chi connectivity index (χ3n) is 11.9. The molecule has 0 radical (unpaired) electrons. The van der Waals surface area contributed by atoms with E-state index >= 15 is 0 Å². The summed E-state index contributed by atoms with van der Waals surface area (Å²) in [7, 11) is 0. The molecule has 2 N–H and O–H groups in total. The van der Waals surface area contributed by atoms with Crippen molar-refractivity contribution in [2.45, 2.75) is 89.3 Å². The van der Waals surface area contributed by atoms with E-state index in [1.165, 1.54) is 0 Å². The predicted molar refractivity (Wildman–Crippen MR) is 236 cm³/mol. The Morgan fingerprint density at radius 3 is 2.30 bits per heavy atom. The van der Waals surface area contributed by atoms with E-state index in [0.29, 0.717) is 50.5 Å². The van der Waals surface area contributed by atoms with Crippen LogP contribution in [0.5, 0.6) is 11.5 Å². The fraction of sp³-hybridized carbons (Fsp3) is 0.480. The van der Waals surface area contributed by atoms with Crippen LogP contribution in [0.25, 0.3) is 0 Å². The van der Waals surface area contributed by atoms with Crippen molar-refractivity contribution in [3.63, 3.8) is 0 Å². The first-order valence-corrected chi connectivity index (χ1v) is 22.0. The van der Waals surface area contributed by atoms with Crippen LogP contribution in [0.3, 0.4) is 0 Å². The number of ether oxygens (including phenoxy) is 5. The molecule has 1 saturated carbocycles. The molecule has 0 spiro atoms. The fourth-order valence-electron chi connectivity index (χ4n) is 9.30. The molecule has 11 heteroatoms. The van der Waals surface area contributed by atoms with Gasteiger partial charge in [-0.3, -0.25) is 4.90 Å². The van der Waals surface area contributed by atoms with Crippen LogP contribution in [0.4, 0.5) is 4.79 Å². The molecule has 0 saturated heterocycles. The number of rotatable bonds is 25. The lowest BCUT2D eigenvalue weighted by Gasteiger charge is -2.59. The smallest absolute Gasteiger partial charge is 0.410 e. The molecule has 0 aromatic heterocycles. The normalized spacial score (nSPS) is 23.2. The quantitative estimate of drug-likeness (QED) is 0.0488. The van der Waals surface area contributed by atoms with Crippen LogP contribution in [-0.2, 0) is 32.3 Å². The third kappa shape index (κ3) is 11.3. The third-order valence-corrected chi connectivity index (χ3v) is 11.9. The zero-order valence-electron chi connectivity index (χ0n) is 35.7. The average molecular weight is 837 g/mol. The standard InChI is InChI=1S/C50H64N2O9/c1-4-25-52(49(55)58-31-30-56-35-37-17-9-7-10-18-37)46-34-44(51-60-36-38-19-11-8-12-20-38)42-32-39(21-13-15-26-53)41(22-14-16-27-54)47-43-33-40(57-28-5-2)23-24-45(43)61-50(46,48(42)47)59-29-6-3/h5-12,17-20,23-24,32-33,39,41,46-48,53-54H,2-4,13-16,21-22,25-31,34-36H2,1H3/t39-,41+,46-,47+,48+,50+/m0/s1. The summed E-state index contributed by atoms with van der Waals surface area (Å²) >= 11 is 0. The van der Waals surface area contributed by atoms with Gasteiger partial charge in [0.15, 0.2) is 0 Å². The Balaban J connectivity index is 1.47. The number of carbonyl (C=O) groups excluding carboxylic acids is 1. The van der Waals surface area contributed by atoms with Gasteiger partial charge in [0.1, 0.15) is 37.4 Å². The van der Waals surface area contributed by atoms with Crippen LogP contribution in [0.2, 0.25) is 0 Å². The van der Waals surface area contributed by atoms with Gasteiger partial charge in [-0.1, -0.05) is 110 Å². The van der Waals surface area contributed by atoms with Gasteiger partial charge >= 0.3 is 6.09 Å². The molecule has 3 aliphatic rings. The maximum absolute atomic E-state index is 14.5. The second kappa shape index (κ2) is 23.3. The van der Waals surface area contributed by atoms with Crippen LogP contribution >= 0.6 is 0 Å². The minimum Gasteiger partial charge on any atom is -0.490 e. The summed E-state index contributed by atoms with van der Waals surface area (Å²) in [5.74, 6) is -0.463. The number of aliphatic hydroxyl groups excluding tert-OH is 2. The Labute approximate surface area is 361 Å². The van der Waals surface area contributed by atoms with Crippen molar-refractivity contribution in [2.24, 2.45) is 22.9 Å². The molecule has 11 nitrogen and oxygen atoms in total. The van der Waals surface area contributed by atoms with E-state index in [9.17, 15) is 15.0 Å². The number of nitrogens with zero attached hydrogens (tertiary/aromatic N) is 2. The molecule has 1 aliphatic heterocycles. The number of unbranched alkanes of at least 4 members (excludes halogenated alkanes) is 2. The molecule has 0 unspecified atom stereocenters. The first-order valence-electron chi connectivity index (χ1n) is 22.0. The van der Waals surface area contributed by atoms with Crippen LogP contribution in [-0.4, -0.2) is 84.9 Å². The zero-order valence-corrected chi connectivity index (χ0v) is 35.7. The van der Waals surface area contributed by atoms with Crippen molar-refractivity contribution < 1.29 is 43.5 Å². The van der Waals surface area contributed by atoms with Gasteiger partial charge in [0.2, 0.25) is 5.79 Å². The van der Waals surface area contributed by atoms with Gasteiger partial charge in [0, 0.05) is 37.7 Å². The molecular weight excluding hydrogens is 773 g/mol. The van der Waals surface area contributed by atoms with E-state index in [1.807, 2.05) is 79.7 Å². The molecule has 3 aromatic rings. The number of aliphatic hydroxyl groups is 2. The molecule has 328 valence electrons. The largest absolute Gasteiger partial charge is 0.490 e. The Kier molecular flexibility index (Phi) is 17.4. The minimum absolute atomic E-state index is 0.0666. The number of hydrogen-bond acceptors (Lipinski definition) is 10. The Bertz CT molecular complexity index is 1900. The van der Waals surface area contributed by atoms with Crippen LogP contribution in [0.1, 0.15) is 80.9 Å². The van der Waals surface area contributed by atoms with Crippen LogP contribution in [0, 0.1) is 17.8 Å².